The molecule has 2 N–H and O–H groups in total. The van der Waals surface area contributed by atoms with Crippen LogP contribution in [0, 0.1) is 0 Å². The second-order valence-corrected chi connectivity index (χ2v) is 7.00. The van der Waals surface area contributed by atoms with Crippen LogP contribution in [0.3, 0.4) is 0 Å². The third-order valence-electron chi connectivity index (χ3n) is 3.80. The zero-order valence-corrected chi connectivity index (χ0v) is 14.4. The molecule has 0 spiro atoms. The molecule has 1 atom stereocenters. The Morgan fingerprint density at radius 1 is 1.26 bits per heavy atom. The number of fused-ring (bicyclic) bond motifs is 1. The van der Waals surface area contributed by atoms with Crippen LogP contribution in [0.15, 0.2) is 30.5 Å². The average Bonchev–Trinajstić information content (AvgIpc) is 2.87. The third kappa shape index (κ3) is 4.20. The summed E-state index contributed by atoms with van der Waals surface area (Å²) in [5, 5.41) is 3.82. The molecule has 0 aliphatic rings. The van der Waals surface area contributed by atoms with E-state index in [1.165, 1.54) is 0 Å². The van der Waals surface area contributed by atoms with E-state index in [0.717, 1.165) is 10.9 Å². The third-order valence-corrected chi connectivity index (χ3v) is 3.80. The van der Waals surface area contributed by atoms with Crippen molar-refractivity contribution in [1.29, 1.82) is 0 Å². The van der Waals surface area contributed by atoms with E-state index < -0.39 is 0 Å². The highest BCUT2D eigenvalue weighted by atomic mass is 16.2. The quantitative estimate of drug-likeness (QED) is 0.834. The number of ketones is 1. The molecule has 0 unspecified atom stereocenters. The van der Waals surface area contributed by atoms with Crippen molar-refractivity contribution in [1.82, 2.24) is 15.2 Å². The van der Waals surface area contributed by atoms with Gasteiger partial charge in [-0.25, -0.2) is 0 Å². The lowest BCUT2D eigenvalue weighted by molar-refractivity contribution is -0.123. The highest BCUT2D eigenvalue weighted by molar-refractivity contribution is 6.10. The van der Waals surface area contributed by atoms with E-state index in [2.05, 4.69) is 10.3 Å². The van der Waals surface area contributed by atoms with Gasteiger partial charge in [-0.3, -0.25) is 14.5 Å². The van der Waals surface area contributed by atoms with Gasteiger partial charge in [0, 0.05) is 28.2 Å². The molecule has 5 heteroatoms. The van der Waals surface area contributed by atoms with Crippen molar-refractivity contribution < 1.29 is 9.59 Å². The van der Waals surface area contributed by atoms with Crippen LogP contribution in [-0.4, -0.2) is 46.7 Å². The van der Waals surface area contributed by atoms with Crippen molar-refractivity contribution in [3.8, 4) is 0 Å². The van der Waals surface area contributed by atoms with Gasteiger partial charge in [-0.2, -0.15) is 0 Å². The molecule has 5 nitrogen and oxygen atoms in total. The topological polar surface area (TPSA) is 65.2 Å². The van der Waals surface area contributed by atoms with Gasteiger partial charge < -0.3 is 10.3 Å². The Morgan fingerprint density at radius 3 is 2.57 bits per heavy atom. The highest BCUT2D eigenvalue weighted by Crippen LogP contribution is 2.20. The van der Waals surface area contributed by atoms with E-state index >= 15 is 0 Å². The number of Topliss-reactive ketones (excluding diaryl/α,β-unsaturated/α-hetero) is 1. The molecule has 0 bridgehead atoms. The number of amides is 1. The fraction of sp³-hybridized carbons (Fsp3) is 0.444. The first kappa shape index (κ1) is 17.2. The van der Waals surface area contributed by atoms with Crippen LogP contribution in [0.1, 0.15) is 38.1 Å². The molecule has 0 saturated carbocycles. The minimum absolute atomic E-state index is 0.00788. The van der Waals surface area contributed by atoms with Crippen molar-refractivity contribution in [2.75, 3.05) is 13.6 Å². The van der Waals surface area contributed by atoms with Gasteiger partial charge in [0.1, 0.15) is 0 Å². The van der Waals surface area contributed by atoms with Crippen LogP contribution in [0.25, 0.3) is 10.9 Å². The Morgan fingerprint density at radius 2 is 1.91 bits per heavy atom. The Balaban J connectivity index is 2.08. The number of H-pyrrole nitrogens is 1. The summed E-state index contributed by atoms with van der Waals surface area (Å²) in [6, 6.07) is 7.34. The highest BCUT2D eigenvalue weighted by Gasteiger charge is 2.24. The van der Waals surface area contributed by atoms with Gasteiger partial charge in [-0.15, -0.1) is 0 Å². The van der Waals surface area contributed by atoms with Crippen molar-refractivity contribution >= 4 is 22.6 Å². The van der Waals surface area contributed by atoms with Crippen LogP contribution in [-0.2, 0) is 4.79 Å². The number of nitrogens with zero attached hydrogens (tertiary/aromatic N) is 1. The first-order valence-electron chi connectivity index (χ1n) is 7.80. The van der Waals surface area contributed by atoms with E-state index in [1.807, 2.05) is 52.0 Å². The molecule has 23 heavy (non-hydrogen) atoms. The number of benzene rings is 1. The first-order valence-corrected chi connectivity index (χ1v) is 7.80. The van der Waals surface area contributed by atoms with Gasteiger partial charge in [0.2, 0.25) is 5.91 Å². The molecule has 124 valence electrons. The SMILES string of the molecule is C[C@H](C(=O)c1c[nH]c2ccccc12)N(C)CC(=O)NC(C)(C)C. The lowest BCUT2D eigenvalue weighted by Gasteiger charge is -2.26. The summed E-state index contributed by atoms with van der Waals surface area (Å²) < 4.78 is 0. The van der Waals surface area contributed by atoms with Crippen LogP contribution < -0.4 is 5.32 Å². The lowest BCUT2D eigenvalue weighted by atomic mass is 10.0. The molecular formula is C18H25N3O2. The zero-order valence-electron chi connectivity index (χ0n) is 14.4. The summed E-state index contributed by atoms with van der Waals surface area (Å²) in [4.78, 5) is 29.6. The fourth-order valence-corrected chi connectivity index (χ4v) is 2.52. The summed E-state index contributed by atoms with van der Waals surface area (Å²) in [6.07, 6.45) is 1.74. The average molecular weight is 315 g/mol. The van der Waals surface area contributed by atoms with Crippen LogP contribution >= 0.6 is 0 Å². The second-order valence-electron chi connectivity index (χ2n) is 7.00. The molecule has 0 fully saturated rings. The van der Waals surface area contributed by atoms with E-state index in [0.29, 0.717) is 5.56 Å². The summed E-state index contributed by atoms with van der Waals surface area (Å²) >= 11 is 0. The van der Waals surface area contributed by atoms with Gasteiger partial charge in [-0.1, -0.05) is 18.2 Å². The predicted molar refractivity (Wildman–Crippen MR) is 92.6 cm³/mol. The van der Waals surface area contributed by atoms with Crippen LogP contribution in [0.5, 0.6) is 0 Å². The Bertz CT molecular complexity index is 712. The number of hydrogen-bond donors (Lipinski definition) is 2. The van der Waals surface area contributed by atoms with Gasteiger partial charge in [0.15, 0.2) is 5.78 Å². The zero-order chi connectivity index (χ0) is 17.2. The first-order chi connectivity index (χ1) is 10.7. The molecule has 0 saturated heterocycles. The van der Waals surface area contributed by atoms with Crippen LogP contribution in [0.2, 0.25) is 0 Å². The standard InChI is InChI=1S/C18H25N3O2/c1-12(21(5)11-16(22)20-18(2,3)4)17(23)14-10-19-15-9-7-6-8-13(14)15/h6-10,12,19H,11H2,1-5H3,(H,20,22)/t12-/m1/s1. The molecular weight excluding hydrogens is 290 g/mol. The van der Waals surface area contributed by atoms with Crippen molar-refractivity contribution in [2.45, 2.75) is 39.3 Å². The van der Waals surface area contributed by atoms with Crippen molar-refractivity contribution in [2.24, 2.45) is 0 Å². The van der Waals surface area contributed by atoms with Gasteiger partial charge >= 0.3 is 0 Å². The number of hydrogen-bond acceptors (Lipinski definition) is 3. The summed E-state index contributed by atoms with van der Waals surface area (Å²) in [5.74, 6) is -0.0768. The lowest BCUT2D eigenvalue weighted by Crippen LogP contribution is -2.48. The summed E-state index contributed by atoms with van der Waals surface area (Å²) in [7, 11) is 1.79. The predicted octanol–water partition coefficient (Wildman–Crippen LogP) is 2.59. The number of likely N-dealkylation sites (N-methyl/N-ethyl adjacent to an activating group) is 1. The number of aromatic nitrogens is 1. The maximum atomic E-state index is 12.7. The Labute approximate surface area is 137 Å². The number of carbonyl (C=O) groups excluding carboxylic acids is 2. The van der Waals surface area contributed by atoms with Crippen molar-refractivity contribution in [3.05, 3.63) is 36.0 Å². The molecule has 1 aromatic carbocycles. The molecule has 0 aliphatic carbocycles. The number of rotatable bonds is 5. The second kappa shape index (κ2) is 6.54. The maximum absolute atomic E-state index is 12.7. The van der Waals surface area contributed by atoms with Crippen molar-refractivity contribution in [3.63, 3.8) is 0 Å². The summed E-state index contributed by atoms with van der Waals surface area (Å²) in [5.41, 5.74) is 1.33. The van der Waals surface area contributed by atoms with E-state index in [4.69, 9.17) is 0 Å². The largest absolute Gasteiger partial charge is 0.360 e. The Hall–Kier alpha value is -2.14. The minimum Gasteiger partial charge on any atom is -0.360 e. The van der Waals surface area contributed by atoms with Gasteiger partial charge in [0.25, 0.3) is 0 Å². The van der Waals surface area contributed by atoms with E-state index in [1.54, 1.807) is 18.1 Å². The van der Waals surface area contributed by atoms with Gasteiger partial charge in [-0.05, 0) is 40.8 Å². The monoisotopic (exact) mass is 315 g/mol. The molecule has 0 aliphatic heterocycles. The molecule has 2 aromatic rings. The maximum Gasteiger partial charge on any atom is 0.234 e. The normalized spacial score (nSPS) is 13.3. The smallest absolute Gasteiger partial charge is 0.234 e. The molecule has 1 amide bonds. The number of carbonyl (C=O) groups is 2. The number of aromatic amines is 1. The number of nitrogens with one attached hydrogen (secondary N) is 2. The minimum atomic E-state index is -0.375. The van der Waals surface area contributed by atoms with Crippen LogP contribution in [0.4, 0.5) is 0 Å². The fourth-order valence-electron chi connectivity index (χ4n) is 2.52. The molecule has 1 aromatic heterocycles. The van der Waals surface area contributed by atoms with E-state index in [-0.39, 0.29) is 29.8 Å². The molecule has 2 rings (SSSR count). The van der Waals surface area contributed by atoms with E-state index in [9.17, 15) is 9.59 Å². The molecule has 0 radical (unpaired) electrons. The summed E-state index contributed by atoms with van der Waals surface area (Å²) in [6.45, 7) is 7.82. The molecule has 1 heterocycles. The Kier molecular flexibility index (Phi) is 4.90. The number of para-hydroxylation sites is 1. The van der Waals surface area contributed by atoms with Gasteiger partial charge in [0.05, 0.1) is 12.6 Å².